The first-order chi connectivity index (χ1) is 5.24. The van der Waals surface area contributed by atoms with Crippen LogP contribution in [0.15, 0.2) is 12.0 Å². The lowest BCUT2D eigenvalue weighted by Gasteiger charge is -1.96. The molecule has 0 atom stereocenters. The first-order valence-electron chi connectivity index (χ1n) is 3.54. The van der Waals surface area contributed by atoms with Crippen molar-refractivity contribution < 1.29 is 0 Å². The van der Waals surface area contributed by atoms with E-state index in [1.165, 1.54) is 0 Å². The van der Waals surface area contributed by atoms with E-state index in [9.17, 15) is 0 Å². The van der Waals surface area contributed by atoms with Crippen LogP contribution < -0.4 is 5.73 Å². The van der Waals surface area contributed by atoms with Crippen molar-refractivity contribution in [3.8, 4) is 0 Å². The molecule has 2 nitrogen and oxygen atoms in total. The number of thiazole rings is 1. The van der Waals surface area contributed by atoms with E-state index in [1.54, 1.807) is 11.3 Å². The van der Waals surface area contributed by atoms with Crippen molar-refractivity contribution in [1.29, 1.82) is 0 Å². The summed E-state index contributed by atoms with van der Waals surface area (Å²) >= 11 is 1.65. The Morgan fingerprint density at radius 1 is 1.82 bits per heavy atom. The highest BCUT2D eigenvalue weighted by Crippen LogP contribution is 2.17. The number of hydrogen-bond acceptors (Lipinski definition) is 3. The highest BCUT2D eigenvalue weighted by Gasteiger charge is 2.00. The Balaban J connectivity index is 2.69. The van der Waals surface area contributed by atoms with Gasteiger partial charge in [0.2, 0.25) is 0 Å². The lowest BCUT2D eigenvalue weighted by atomic mass is 10.2. The molecule has 0 unspecified atom stereocenters. The van der Waals surface area contributed by atoms with E-state index in [0.717, 1.165) is 22.7 Å². The summed E-state index contributed by atoms with van der Waals surface area (Å²) in [6.45, 7) is 6.53. The lowest BCUT2D eigenvalue weighted by molar-refractivity contribution is 1.02. The average molecular weight is 168 g/mol. The zero-order valence-electron chi connectivity index (χ0n) is 6.63. The molecule has 0 bridgehead atoms. The fraction of sp³-hybridized carbons (Fsp3) is 0.375. The molecule has 0 saturated carbocycles. The molecule has 0 spiro atoms. The topological polar surface area (TPSA) is 38.9 Å². The zero-order chi connectivity index (χ0) is 8.27. The summed E-state index contributed by atoms with van der Waals surface area (Å²) in [5.74, 6) is 0. The van der Waals surface area contributed by atoms with Gasteiger partial charge < -0.3 is 5.73 Å². The SMILES string of the molecule is C=C(CCN)c1csc(C)n1. The molecular formula is C8H12N2S. The molecule has 1 rings (SSSR count). The van der Waals surface area contributed by atoms with E-state index in [-0.39, 0.29) is 0 Å². The van der Waals surface area contributed by atoms with Crippen LogP contribution in [-0.4, -0.2) is 11.5 Å². The molecule has 0 aliphatic carbocycles. The van der Waals surface area contributed by atoms with E-state index < -0.39 is 0 Å². The summed E-state index contributed by atoms with van der Waals surface area (Å²) < 4.78 is 0. The smallest absolute Gasteiger partial charge is 0.0901 e. The maximum Gasteiger partial charge on any atom is 0.0901 e. The van der Waals surface area contributed by atoms with E-state index in [0.29, 0.717) is 6.54 Å². The normalized spacial score (nSPS) is 10.0. The minimum absolute atomic E-state index is 0.648. The average Bonchev–Trinajstić information content (AvgIpc) is 2.36. The third-order valence-electron chi connectivity index (χ3n) is 1.43. The summed E-state index contributed by atoms with van der Waals surface area (Å²) in [6, 6.07) is 0. The van der Waals surface area contributed by atoms with Gasteiger partial charge in [0.1, 0.15) is 0 Å². The zero-order valence-corrected chi connectivity index (χ0v) is 7.45. The van der Waals surface area contributed by atoms with Crippen LogP contribution >= 0.6 is 11.3 Å². The molecule has 1 aromatic heterocycles. The number of rotatable bonds is 3. The molecule has 0 aromatic carbocycles. The van der Waals surface area contributed by atoms with Crippen molar-refractivity contribution in [2.75, 3.05) is 6.54 Å². The van der Waals surface area contributed by atoms with Crippen LogP contribution in [0.1, 0.15) is 17.1 Å². The van der Waals surface area contributed by atoms with E-state index in [4.69, 9.17) is 5.73 Å². The van der Waals surface area contributed by atoms with Crippen molar-refractivity contribution in [3.63, 3.8) is 0 Å². The lowest BCUT2D eigenvalue weighted by Crippen LogP contribution is -1.99. The second-order valence-electron chi connectivity index (χ2n) is 2.39. The summed E-state index contributed by atoms with van der Waals surface area (Å²) in [7, 11) is 0. The molecule has 0 saturated heterocycles. The predicted octanol–water partition coefficient (Wildman–Crippen LogP) is 1.81. The highest BCUT2D eigenvalue weighted by molar-refractivity contribution is 7.09. The van der Waals surface area contributed by atoms with Gasteiger partial charge in [0.25, 0.3) is 0 Å². The van der Waals surface area contributed by atoms with Crippen LogP contribution in [-0.2, 0) is 0 Å². The van der Waals surface area contributed by atoms with Crippen LogP contribution in [0.4, 0.5) is 0 Å². The number of hydrogen-bond donors (Lipinski definition) is 1. The van der Waals surface area contributed by atoms with E-state index in [1.807, 2.05) is 12.3 Å². The standard InChI is InChI=1S/C8H12N2S/c1-6(3-4-9)8-5-11-7(2)10-8/h5H,1,3-4,9H2,2H3. The van der Waals surface area contributed by atoms with Gasteiger partial charge in [0, 0.05) is 5.38 Å². The molecule has 0 fully saturated rings. The molecule has 1 aromatic rings. The summed E-state index contributed by atoms with van der Waals surface area (Å²) in [5, 5.41) is 3.10. The summed E-state index contributed by atoms with van der Waals surface area (Å²) in [5.41, 5.74) is 7.43. The molecule has 2 N–H and O–H groups in total. The molecule has 0 radical (unpaired) electrons. The van der Waals surface area contributed by atoms with Crippen molar-refractivity contribution in [1.82, 2.24) is 4.98 Å². The third kappa shape index (κ3) is 2.13. The summed E-state index contributed by atoms with van der Waals surface area (Å²) in [6.07, 6.45) is 0.836. The van der Waals surface area contributed by atoms with Gasteiger partial charge in [-0.25, -0.2) is 4.98 Å². The van der Waals surface area contributed by atoms with Crippen molar-refractivity contribution in [3.05, 3.63) is 22.7 Å². The molecule has 11 heavy (non-hydrogen) atoms. The van der Waals surface area contributed by atoms with Crippen molar-refractivity contribution in [2.45, 2.75) is 13.3 Å². The van der Waals surface area contributed by atoms with Gasteiger partial charge in [-0.15, -0.1) is 11.3 Å². The highest BCUT2D eigenvalue weighted by atomic mass is 32.1. The molecule has 0 amide bonds. The van der Waals surface area contributed by atoms with Crippen LogP contribution in [0.25, 0.3) is 5.57 Å². The monoisotopic (exact) mass is 168 g/mol. The van der Waals surface area contributed by atoms with Gasteiger partial charge >= 0.3 is 0 Å². The Kier molecular flexibility index (Phi) is 2.79. The Bertz CT molecular complexity index is 252. The first-order valence-corrected chi connectivity index (χ1v) is 4.42. The fourth-order valence-corrected chi connectivity index (χ4v) is 1.48. The van der Waals surface area contributed by atoms with Crippen LogP contribution in [0.2, 0.25) is 0 Å². The number of aromatic nitrogens is 1. The molecule has 60 valence electrons. The van der Waals surface area contributed by atoms with Crippen molar-refractivity contribution in [2.24, 2.45) is 5.73 Å². The van der Waals surface area contributed by atoms with E-state index >= 15 is 0 Å². The molecule has 0 aliphatic heterocycles. The Morgan fingerprint density at radius 3 is 3.00 bits per heavy atom. The molecule has 3 heteroatoms. The van der Waals surface area contributed by atoms with Crippen LogP contribution in [0.5, 0.6) is 0 Å². The van der Waals surface area contributed by atoms with Gasteiger partial charge in [0.15, 0.2) is 0 Å². The maximum atomic E-state index is 5.39. The maximum absolute atomic E-state index is 5.39. The Labute approximate surface area is 70.8 Å². The van der Waals surface area contributed by atoms with E-state index in [2.05, 4.69) is 11.6 Å². The number of nitrogens with zero attached hydrogens (tertiary/aromatic N) is 1. The third-order valence-corrected chi connectivity index (χ3v) is 2.20. The second kappa shape index (κ2) is 3.64. The second-order valence-corrected chi connectivity index (χ2v) is 3.46. The largest absolute Gasteiger partial charge is 0.330 e. The number of aryl methyl sites for hydroxylation is 1. The van der Waals surface area contributed by atoms with Crippen molar-refractivity contribution >= 4 is 16.9 Å². The fourth-order valence-electron chi connectivity index (χ4n) is 0.828. The molecule has 1 heterocycles. The Morgan fingerprint density at radius 2 is 2.55 bits per heavy atom. The predicted molar refractivity (Wildman–Crippen MR) is 49.6 cm³/mol. The van der Waals surface area contributed by atoms with Gasteiger partial charge in [-0.1, -0.05) is 6.58 Å². The molecular weight excluding hydrogens is 156 g/mol. The molecule has 0 aliphatic rings. The van der Waals surface area contributed by atoms with Gasteiger partial charge in [0.05, 0.1) is 10.7 Å². The van der Waals surface area contributed by atoms with Gasteiger partial charge in [-0.2, -0.15) is 0 Å². The van der Waals surface area contributed by atoms with Crippen LogP contribution in [0.3, 0.4) is 0 Å². The van der Waals surface area contributed by atoms with Gasteiger partial charge in [-0.3, -0.25) is 0 Å². The quantitative estimate of drug-likeness (QED) is 0.747. The first kappa shape index (κ1) is 8.43. The minimum Gasteiger partial charge on any atom is -0.330 e. The summed E-state index contributed by atoms with van der Waals surface area (Å²) in [4.78, 5) is 4.29. The number of nitrogens with two attached hydrogens (primary N) is 1. The van der Waals surface area contributed by atoms with Crippen LogP contribution in [0, 0.1) is 6.92 Å². The minimum atomic E-state index is 0.648. The van der Waals surface area contributed by atoms with Gasteiger partial charge in [-0.05, 0) is 25.5 Å². The Hall–Kier alpha value is -0.670.